The summed E-state index contributed by atoms with van der Waals surface area (Å²) in [4.78, 5) is 149. The van der Waals surface area contributed by atoms with Crippen LogP contribution in [0, 0.1) is 0 Å². The number of guanidine groups is 1. The third-order valence-corrected chi connectivity index (χ3v) is 13.0. The van der Waals surface area contributed by atoms with Gasteiger partial charge in [-0.15, -0.1) is 0 Å². The first-order valence-corrected chi connectivity index (χ1v) is 26.6. The van der Waals surface area contributed by atoms with Crippen molar-refractivity contribution in [2.75, 3.05) is 38.5 Å². The Balaban J connectivity index is 2.19. The van der Waals surface area contributed by atoms with Gasteiger partial charge < -0.3 is 89.4 Å². The molecule has 31 nitrogen and oxygen atoms in total. The third kappa shape index (κ3) is 23.8. The van der Waals surface area contributed by atoms with Crippen molar-refractivity contribution in [2.45, 2.75) is 152 Å². The first kappa shape index (κ1) is 67.4. The van der Waals surface area contributed by atoms with Gasteiger partial charge >= 0.3 is 12.1 Å². The van der Waals surface area contributed by atoms with E-state index in [-0.39, 0.29) is 36.8 Å². The standard InChI is InChI=1S/C47H75N13O18S/c1-24(39(68)52-23-33(65)57-37(27(4)63)44(73)60-18-12-16-31(60)38(48)67)54-32(64)22-53-42(71)35(25(2)61)59-43(72)36(26(3)62)58-41(70)30(21-34(66)77-19-20-79(75,76)28-13-9-8-10-14-28)55-40(69)29(15-11-17-51-45(49)50)56-46(74)78-47(5,6)7/h8-10,13-14,24-27,29-31,35-37,61-63H,11-12,15-23H2,1-7H3,(H2,48,67)(H,52,68)(H,53,71)(H,54,64)(H,55,69)(H,56,74)(H,57,65)(H,58,70)(H,59,72)(H4,49,50,51)/t24-,25+,26+,27+,29-,30-,31-,35-,36-,37-/m0/s1. The summed E-state index contributed by atoms with van der Waals surface area (Å²) in [6.07, 6.45) is -6.34. The number of rotatable bonds is 30. The van der Waals surface area contributed by atoms with Crippen molar-refractivity contribution < 1.29 is 86.0 Å². The van der Waals surface area contributed by atoms with Gasteiger partial charge in [0, 0.05) is 13.1 Å². The van der Waals surface area contributed by atoms with Crippen LogP contribution in [0.15, 0.2) is 40.2 Å². The minimum absolute atomic E-state index is 0.0154. The fourth-order valence-electron chi connectivity index (χ4n) is 7.32. The first-order valence-electron chi connectivity index (χ1n) is 24.9. The molecule has 0 unspecified atom stereocenters. The van der Waals surface area contributed by atoms with Gasteiger partial charge in [-0.25, -0.2) is 13.2 Å². The number of hydrogen-bond acceptors (Lipinski definition) is 19. The molecule has 0 spiro atoms. The van der Waals surface area contributed by atoms with Crippen molar-refractivity contribution >= 4 is 81.0 Å². The second-order valence-electron chi connectivity index (χ2n) is 19.3. The number of primary amides is 1. The molecule has 17 N–H and O–H groups in total. The molecule has 2 rings (SSSR count). The Morgan fingerprint density at radius 1 is 0.709 bits per heavy atom. The lowest BCUT2D eigenvalue weighted by atomic mass is 10.1. The van der Waals surface area contributed by atoms with Crippen LogP contribution in [0.1, 0.15) is 80.6 Å². The quantitative estimate of drug-likeness (QED) is 0.0147. The molecule has 32 heteroatoms. The molecule has 0 saturated carbocycles. The number of amides is 10. The molecule has 1 aromatic rings. The molecule has 1 heterocycles. The summed E-state index contributed by atoms with van der Waals surface area (Å²) in [6.45, 7) is 7.04. The zero-order valence-corrected chi connectivity index (χ0v) is 45.8. The maximum Gasteiger partial charge on any atom is 0.408 e. The van der Waals surface area contributed by atoms with E-state index in [1.165, 1.54) is 38.1 Å². The summed E-state index contributed by atoms with van der Waals surface area (Å²) in [7, 11) is -3.95. The van der Waals surface area contributed by atoms with Crippen LogP contribution in [0.3, 0.4) is 0 Å². The van der Waals surface area contributed by atoms with E-state index in [1.807, 2.05) is 0 Å². The topological polar surface area (TPSA) is 491 Å². The van der Waals surface area contributed by atoms with Gasteiger partial charge in [0.1, 0.15) is 54.5 Å². The maximum atomic E-state index is 14.0. The van der Waals surface area contributed by atoms with Crippen LogP contribution < -0.4 is 59.7 Å². The van der Waals surface area contributed by atoms with Crippen molar-refractivity contribution in [3.63, 3.8) is 0 Å². The Bertz CT molecular complexity index is 2470. The van der Waals surface area contributed by atoms with E-state index < -0.39 is 173 Å². The molecule has 1 aromatic carbocycles. The fraction of sp³-hybridized carbons (Fsp3) is 0.617. The van der Waals surface area contributed by atoms with Gasteiger partial charge in [0.05, 0.1) is 48.5 Å². The highest BCUT2D eigenvalue weighted by Gasteiger charge is 2.39. The average Bonchev–Trinajstić information content (AvgIpc) is 3.86. The normalized spacial score (nSPS) is 16.7. The van der Waals surface area contributed by atoms with Crippen LogP contribution in [0.2, 0.25) is 0 Å². The number of nitrogens with two attached hydrogens (primary N) is 3. The number of nitrogens with one attached hydrogen (secondary N) is 8. The molecular weight excluding hydrogens is 1070 g/mol. The second-order valence-corrected chi connectivity index (χ2v) is 21.4. The highest BCUT2D eigenvalue weighted by atomic mass is 32.2. The molecule has 442 valence electrons. The maximum absolute atomic E-state index is 14.0. The molecule has 0 aromatic heterocycles. The molecule has 0 radical (unpaired) electrons. The third-order valence-electron chi connectivity index (χ3n) is 11.3. The molecular formula is C47H75N13O18S. The molecule has 1 aliphatic heterocycles. The monoisotopic (exact) mass is 1140 g/mol. The van der Waals surface area contributed by atoms with Gasteiger partial charge in [0.25, 0.3) is 0 Å². The predicted octanol–water partition coefficient (Wildman–Crippen LogP) is -6.36. The second kappa shape index (κ2) is 31.6. The van der Waals surface area contributed by atoms with Crippen LogP contribution in [-0.2, 0) is 67.3 Å². The number of sulfone groups is 1. The molecule has 10 atom stereocenters. The highest BCUT2D eigenvalue weighted by Crippen LogP contribution is 2.19. The number of nitrogens with zero attached hydrogens (tertiary/aromatic N) is 2. The number of hydrogen-bond donors (Lipinski definition) is 14. The highest BCUT2D eigenvalue weighted by molar-refractivity contribution is 7.91. The number of esters is 1. The molecule has 10 amide bonds. The molecule has 1 aliphatic rings. The Hall–Kier alpha value is -7.71. The van der Waals surface area contributed by atoms with Crippen LogP contribution in [0.25, 0.3) is 0 Å². The van der Waals surface area contributed by atoms with Crippen molar-refractivity contribution in [1.82, 2.24) is 47.4 Å². The summed E-state index contributed by atoms with van der Waals surface area (Å²) in [5.41, 5.74) is 15.1. The Morgan fingerprint density at radius 2 is 1.25 bits per heavy atom. The van der Waals surface area contributed by atoms with E-state index >= 15 is 0 Å². The van der Waals surface area contributed by atoms with Gasteiger partial charge in [0.2, 0.25) is 53.2 Å². The minimum Gasteiger partial charge on any atom is -0.465 e. The van der Waals surface area contributed by atoms with Gasteiger partial charge in [-0.3, -0.25) is 52.9 Å². The van der Waals surface area contributed by atoms with E-state index in [0.29, 0.717) is 12.8 Å². The Kier molecular flexibility index (Phi) is 27.0. The lowest BCUT2D eigenvalue weighted by Gasteiger charge is -2.29. The number of aliphatic hydroxyl groups excluding tert-OH is 3. The van der Waals surface area contributed by atoms with Gasteiger partial charge in [-0.2, -0.15) is 0 Å². The summed E-state index contributed by atoms with van der Waals surface area (Å²) in [6, 6.07) is -3.93. The van der Waals surface area contributed by atoms with Crippen molar-refractivity contribution in [3.8, 4) is 0 Å². The van der Waals surface area contributed by atoms with Crippen molar-refractivity contribution in [2.24, 2.45) is 22.2 Å². The molecule has 0 aliphatic carbocycles. The van der Waals surface area contributed by atoms with E-state index in [0.717, 1.165) is 18.7 Å². The summed E-state index contributed by atoms with van der Waals surface area (Å²) in [5, 5.41) is 49.3. The number of likely N-dealkylation sites (tertiary alicyclic amines) is 1. The van der Waals surface area contributed by atoms with Gasteiger partial charge in [0.15, 0.2) is 15.8 Å². The number of ether oxygens (including phenoxy) is 2. The largest absolute Gasteiger partial charge is 0.465 e. The predicted molar refractivity (Wildman–Crippen MR) is 277 cm³/mol. The van der Waals surface area contributed by atoms with Crippen LogP contribution in [-0.4, -0.2) is 205 Å². The van der Waals surface area contributed by atoms with E-state index in [4.69, 9.17) is 26.7 Å². The number of carbonyl (C=O) groups is 11. The summed E-state index contributed by atoms with van der Waals surface area (Å²) < 4.78 is 36.0. The number of alkyl carbamates (subject to hydrolysis) is 1. The van der Waals surface area contributed by atoms with Crippen LogP contribution >= 0.6 is 0 Å². The SMILES string of the molecule is C[C@H](NC(=O)CNC(=O)[C@@H](NC(=O)[C@@H](NC(=O)[C@H](CC(=O)OCCS(=O)(=O)c1ccccc1)NC(=O)[C@H](CCCN=C(N)N)NC(=O)OC(C)(C)C)[C@@H](C)O)[C@@H](C)O)C(=O)NCC(=O)N[C@H](C(=O)N1CCC[C@H]1C(N)=O)[C@@H](C)O. The van der Waals surface area contributed by atoms with Crippen LogP contribution in [0.5, 0.6) is 0 Å². The Morgan fingerprint density at radius 3 is 1.81 bits per heavy atom. The summed E-state index contributed by atoms with van der Waals surface area (Å²) >= 11 is 0. The summed E-state index contributed by atoms with van der Waals surface area (Å²) in [5.74, 6) is -11.4. The Labute approximate surface area is 455 Å². The van der Waals surface area contributed by atoms with Crippen molar-refractivity contribution in [1.29, 1.82) is 0 Å². The van der Waals surface area contributed by atoms with Gasteiger partial charge in [-0.05, 0) is 86.3 Å². The van der Waals surface area contributed by atoms with Gasteiger partial charge in [-0.1, -0.05) is 18.2 Å². The lowest BCUT2D eigenvalue weighted by molar-refractivity contribution is -0.146. The zero-order chi connectivity index (χ0) is 59.9. The minimum atomic E-state index is -3.95. The van der Waals surface area contributed by atoms with E-state index in [1.54, 1.807) is 26.8 Å². The first-order chi connectivity index (χ1) is 36.7. The molecule has 0 bridgehead atoms. The van der Waals surface area contributed by atoms with E-state index in [9.17, 15) is 76.5 Å². The molecule has 79 heavy (non-hydrogen) atoms. The smallest absolute Gasteiger partial charge is 0.408 e. The van der Waals surface area contributed by atoms with Crippen LogP contribution in [0.4, 0.5) is 4.79 Å². The average molecular weight is 1140 g/mol. The van der Waals surface area contributed by atoms with Crippen molar-refractivity contribution in [3.05, 3.63) is 30.3 Å². The molecule has 1 fully saturated rings. The number of benzene rings is 1. The number of aliphatic hydroxyl groups is 3. The zero-order valence-electron chi connectivity index (χ0n) is 44.9. The number of aliphatic imine (C=N–C) groups is 1. The number of carbonyl (C=O) groups excluding carboxylic acids is 11. The van der Waals surface area contributed by atoms with E-state index in [2.05, 4.69) is 47.5 Å². The lowest BCUT2D eigenvalue weighted by Crippen LogP contribution is -2.62. The molecule has 1 saturated heterocycles. The fourth-order valence-corrected chi connectivity index (χ4v) is 8.43.